The summed E-state index contributed by atoms with van der Waals surface area (Å²) in [6.07, 6.45) is 6.57. The molecule has 1 N–H and O–H groups in total. The molecule has 0 spiro atoms. The number of benzene rings is 1. The van der Waals surface area contributed by atoms with Crippen molar-refractivity contribution in [1.29, 1.82) is 0 Å². The highest BCUT2D eigenvalue weighted by Gasteiger charge is 2.39. The Hall–Kier alpha value is -2.07. The standard InChI is InChI=1S/C22H26O4/c1-25-17-11-7-3-6-10-16-20(23)19(22(24)26-21(16)17)18(15-12-13-15)14-8-4-2-5-9-14/h2,4-5,8-9,15,17-18,23H,3,6-7,10-13H2,1H3. The first-order valence-electron chi connectivity index (χ1n) is 9.67. The number of ether oxygens (including phenoxy) is 1. The molecule has 4 nitrogen and oxygen atoms in total. The zero-order valence-corrected chi connectivity index (χ0v) is 15.2. The third-order valence-corrected chi connectivity index (χ3v) is 5.79. The van der Waals surface area contributed by atoms with E-state index in [0.29, 0.717) is 17.2 Å². The Morgan fingerprint density at radius 3 is 2.58 bits per heavy atom. The predicted octanol–water partition coefficient (Wildman–Crippen LogP) is 4.69. The van der Waals surface area contributed by atoms with Crippen molar-refractivity contribution in [2.24, 2.45) is 5.92 Å². The van der Waals surface area contributed by atoms with Gasteiger partial charge in [0, 0.05) is 18.6 Å². The van der Waals surface area contributed by atoms with Crippen LogP contribution in [0.25, 0.3) is 0 Å². The average Bonchev–Trinajstić information content (AvgIpc) is 3.46. The molecule has 1 aromatic carbocycles. The van der Waals surface area contributed by atoms with E-state index in [4.69, 9.17) is 9.15 Å². The van der Waals surface area contributed by atoms with Gasteiger partial charge in [0.25, 0.3) is 0 Å². The van der Waals surface area contributed by atoms with Gasteiger partial charge in [-0.1, -0.05) is 43.2 Å². The molecule has 1 aromatic heterocycles. The van der Waals surface area contributed by atoms with Crippen molar-refractivity contribution in [3.63, 3.8) is 0 Å². The zero-order valence-electron chi connectivity index (χ0n) is 15.2. The maximum absolute atomic E-state index is 12.9. The summed E-state index contributed by atoms with van der Waals surface area (Å²) in [5.74, 6) is 0.974. The fourth-order valence-corrected chi connectivity index (χ4v) is 4.30. The molecule has 2 unspecified atom stereocenters. The van der Waals surface area contributed by atoms with Crippen LogP contribution < -0.4 is 5.63 Å². The summed E-state index contributed by atoms with van der Waals surface area (Å²) in [6.45, 7) is 0. The maximum Gasteiger partial charge on any atom is 0.343 e. The van der Waals surface area contributed by atoms with Crippen LogP contribution in [-0.2, 0) is 11.2 Å². The topological polar surface area (TPSA) is 59.7 Å². The van der Waals surface area contributed by atoms with Gasteiger partial charge >= 0.3 is 5.63 Å². The highest BCUT2D eigenvalue weighted by Crippen LogP contribution is 2.49. The summed E-state index contributed by atoms with van der Waals surface area (Å²) in [5.41, 5.74) is 1.87. The quantitative estimate of drug-likeness (QED) is 0.865. The van der Waals surface area contributed by atoms with Crippen LogP contribution in [0, 0.1) is 5.92 Å². The van der Waals surface area contributed by atoms with Crippen molar-refractivity contribution in [3.05, 3.63) is 63.2 Å². The normalized spacial score (nSPS) is 21.5. The molecule has 138 valence electrons. The second kappa shape index (κ2) is 7.28. The van der Waals surface area contributed by atoms with Gasteiger partial charge < -0.3 is 14.3 Å². The van der Waals surface area contributed by atoms with Crippen LogP contribution in [0.1, 0.15) is 73.0 Å². The van der Waals surface area contributed by atoms with Gasteiger partial charge in [0.15, 0.2) is 0 Å². The number of hydrogen-bond acceptors (Lipinski definition) is 4. The summed E-state index contributed by atoms with van der Waals surface area (Å²) in [7, 11) is 1.64. The van der Waals surface area contributed by atoms with E-state index >= 15 is 0 Å². The predicted molar refractivity (Wildman–Crippen MR) is 99.6 cm³/mol. The Bertz CT molecular complexity index is 820. The SMILES string of the molecule is COC1CCCCCc2c1oc(=O)c(C(c1ccccc1)C1CC1)c2O. The smallest absolute Gasteiger partial charge is 0.343 e. The lowest BCUT2D eigenvalue weighted by molar-refractivity contribution is 0.0677. The molecule has 2 atom stereocenters. The van der Waals surface area contributed by atoms with Gasteiger partial charge in [-0.15, -0.1) is 0 Å². The Labute approximate surface area is 153 Å². The Morgan fingerprint density at radius 1 is 1.12 bits per heavy atom. The number of aromatic hydroxyl groups is 1. The van der Waals surface area contributed by atoms with Crippen LogP contribution in [0.15, 0.2) is 39.5 Å². The van der Waals surface area contributed by atoms with E-state index in [1.807, 2.05) is 30.3 Å². The number of hydrogen-bond donors (Lipinski definition) is 1. The van der Waals surface area contributed by atoms with Crippen molar-refractivity contribution in [2.45, 2.75) is 57.0 Å². The molecule has 0 bridgehead atoms. The minimum atomic E-state index is -0.412. The second-order valence-corrected chi connectivity index (χ2v) is 7.54. The van der Waals surface area contributed by atoms with Crippen LogP contribution in [0.5, 0.6) is 5.75 Å². The zero-order chi connectivity index (χ0) is 18.1. The first-order valence-corrected chi connectivity index (χ1v) is 9.67. The Kier molecular flexibility index (Phi) is 4.86. The van der Waals surface area contributed by atoms with Gasteiger partial charge in [-0.2, -0.15) is 0 Å². The average molecular weight is 354 g/mol. The summed E-state index contributed by atoms with van der Waals surface area (Å²) in [4.78, 5) is 12.9. The summed E-state index contributed by atoms with van der Waals surface area (Å²) in [5, 5.41) is 11.1. The highest BCUT2D eigenvalue weighted by molar-refractivity contribution is 5.47. The molecule has 0 amide bonds. The Morgan fingerprint density at radius 2 is 1.88 bits per heavy atom. The Balaban J connectivity index is 1.86. The lowest BCUT2D eigenvalue weighted by atomic mass is 9.85. The minimum Gasteiger partial charge on any atom is -0.507 e. The number of rotatable bonds is 4. The van der Waals surface area contributed by atoms with Crippen molar-refractivity contribution in [1.82, 2.24) is 0 Å². The summed E-state index contributed by atoms with van der Waals surface area (Å²) in [6, 6.07) is 10.0. The van der Waals surface area contributed by atoms with Crippen molar-refractivity contribution >= 4 is 0 Å². The van der Waals surface area contributed by atoms with Gasteiger partial charge in [0.1, 0.15) is 17.6 Å². The van der Waals surface area contributed by atoms with E-state index in [-0.39, 0.29) is 17.8 Å². The van der Waals surface area contributed by atoms with Crippen LogP contribution in [-0.4, -0.2) is 12.2 Å². The molecule has 2 aliphatic rings. The van der Waals surface area contributed by atoms with E-state index < -0.39 is 5.63 Å². The first-order chi connectivity index (χ1) is 12.7. The monoisotopic (exact) mass is 354 g/mol. The molecule has 1 fully saturated rings. The lowest BCUT2D eigenvalue weighted by Crippen LogP contribution is -2.20. The largest absolute Gasteiger partial charge is 0.507 e. The maximum atomic E-state index is 12.9. The molecular weight excluding hydrogens is 328 g/mol. The molecule has 2 aromatic rings. The van der Waals surface area contributed by atoms with E-state index in [9.17, 15) is 9.90 Å². The van der Waals surface area contributed by atoms with Crippen molar-refractivity contribution < 1.29 is 14.3 Å². The van der Waals surface area contributed by atoms with Gasteiger partial charge in [0.2, 0.25) is 0 Å². The van der Waals surface area contributed by atoms with Gasteiger partial charge in [-0.3, -0.25) is 0 Å². The molecule has 0 aliphatic heterocycles. The first kappa shape index (κ1) is 17.3. The molecule has 0 saturated heterocycles. The number of methoxy groups -OCH3 is 1. The van der Waals surface area contributed by atoms with E-state index in [1.54, 1.807) is 7.11 Å². The molecule has 26 heavy (non-hydrogen) atoms. The molecule has 0 radical (unpaired) electrons. The van der Waals surface area contributed by atoms with Gasteiger partial charge in [-0.25, -0.2) is 4.79 Å². The lowest BCUT2D eigenvalue weighted by Gasteiger charge is -2.24. The number of fused-ring (bicyclic) bond motifs is 1. The van der Waals surface area contributed by atoms with E-state index in [2.05, 4.69) is 0 Å². The van der Waals surface area contributed by atoms with E-state index in [0.717, 1.165) is 56.1 Å². The van der Waals surface area contributed by atoms with Crippen molar-refractivity contribution in [3.8, 4) is 5.75 Å². The molecule has 1 saturated carbocycles. The van der Waals surface area contributed by atoms with E-state index in [1.165, 1.54) is 0 Å². The fourth-order valence-electron chi connectivity index (χ4n) is 4.30. The fraction of sp³-hybridized carbons (Fsp3) is 0.500. The molecule has 4 rings (SSSR count). The van der Waals surface area contributed by atoms with Gasteiger partial charge in [-0.05, 0) is 43.6 Å². The second-order valence-electron chi connectivity index (χ2n) is 7.54. The van der Waals surface area contributed by atoms with Crippen molar-refractivity contribution in [2.75, 3.05) is 7.11 Å². The summed E-state index contributed by atoms with van der Waals surface area (Å²) >= 11 is 0. The van der Waals surface area contributed by atoms with Gasteiger partial charge in [0.05, 0.1) is 5.56 Å². The minimum absolute atomic E-state index is 0.0933. The molecule has 1 heterocycles. The summed E-state index contributed by atoms with van der Waals surface area (Å²) < 4.78 is 11.4. The highest BCUT2D eigenvalue weighted by atomic mass is 16.5. The van der Waals surface area contributed by atoms with Crippen LogP contribution in [0.2, 0.25) is 0 Å². The van der Waals surface area contributed by atoms with Crippen LogP contribution in [0.4, 0.5) is 0 Å². The van der Waals surface area contributed by atoms with Crippen LogP contribution in [0.3, 0.4) is 0 Å². The van der Waals surface area contributed by atoms with Crippen LogP contribution >= 0.6 is 0 Å². The third kappa shape index (κ3) is 3.18. The molecular formula is C22H26O4. The molecule has 2 aliphatic carbocycles. The third-order valence-electron chi connectivity index (χ3n) is 5.79. The molecule has 4 heteroatoms.